The standard InChI is InChI=1S/C17H14FN5O2S2/c1-2-22-15(25)14-12(7-8-26-14)23-16(22)20-21-17(23)27-9-13(24)19-11-5-3-10(18)4-6-11/h3-8H,2,9H2,1H3,(H,19,24). The van der Waals surface area contributed by atoms with Crippen LogP contribution in [-0.4, -0.2) is 30.8 Å². The zero-order valence-electron chi connectivity index (χ0n) is 14.2. The van der Waals surface area contributed by atoms with Crippen molar-refractivity contribution in [2.75, 3.05) is 11.1 Å². The quantitative estimate of drug-likeness (QED) is 0.518. The molecule has 0 saturated carbocycles. The van der Waals surface area contributed by atoms with Gasteiger partial charge < -0.3 is 5.32 Å². The topological polar surface area (TPSA) is 81.3 Å². The van der Waals surface area contributed by atoms with Gasteiger partial charge in [-0.15, -0.1) is 21.5 Å². The third-order valence-corrected chi connectivity index (χ3v) is 5.78. The predicted molar refractivity (Wildman–Crippen MR) is 104 cm³/mol. The highest BCUT2D eigenvalue weighted by Gasteiger charge is 2.17. The number of carbonyl (C=O) groups excluding carboxylic acids is 1. The second-order valence-corrected chi connectivity index (χ2v) is 7.50. The highest BCUT2D eigenvalue weighted by atomic mass is 32.2. The molecule has 138 valence electrons. The number of benzene rings is 1. The lowest BCUT2D eigenvalue weighted by molar-refractivity contribution is -0.113. The highest BCUT2D eigenvalue weighted by molar-refractivity contribution is 7.99. The summed E-state index contributed by atoms with van der Waals surface area (Å²) in [5.41, 5.74) is 1.16. The summed E-state index contributed by atoms with van der Waals surface area (Å²) in [5.74, 6) is -0.0441. The van der Waals surface area contributed by atoms with E-state index in [1.165, 1.54) is 47.4 Å². The molecule has 0 saturated heterocycles. The van der Waals surface area contributed by atoms with Gasteiger partial charge in [-0.3, -0.25) is 18.6 Å². The van der Waals surface area contributed by atoms with Gasteiger partial charge in [0.1, 0.15) is 10.5 Å². The summed E-state index contributed by atoms with van der Waals surface area (Å²) in [6.07, 6.45) is 0. The molecular weight excluding hydrogens is 389 g/mol. The van der Waals surface area contributed by atoms with Gasteiger partial charge in [0, 0.05) is 12.2 Å². The lowest BCUT2D eigenvalue weighted by atomic mass is 10.3. The minimum atomic E-state index is -0.362. The lowest BCUT2D eigenvalue weighted by Crippen LogP contribution is -2.21. The van der Waals surface area contributed by atoms with Crippen molar-refractivity contribution < 1.29 is 9.18 Å². The van der Waals surface area contributed by atoms with Crippen LogP contribution in [0.5, 0.6) is 0 Å². The molecule has 0 aliphatic carbocycles. The number of nitrogens with one attached hydrogen (secondary N) is 1. The molecule has 3 heterocycles. The van der Waals surface area contributed by atoms with Crippen LogP contribution in [0.1, 0.15) is 6.92 Å². The molecule has 1 amide bonds. The second-order valence-electron chi connectivity index (χ2n) is 5.65. The fraction of sp³-hybridized carbons (Fsp3) is 0.176. The predicted octanol–water partition coefficient (Wildman–Crippen LogP) is 3.00. The van der Waals surface area contributed by atoms with Gasteiger partial charge in [0.2, 0.25) is 11.7 Å². The summed E-state index contributed by atoms with van der Waals surface area (Å²) in [7, 11) is 0. The Morgan fingerprint density at radius 3 is 2.78 bits per heavy atom. The number of anilines is 1. The fourth-order valence-electron chi connectivity index (χ4n) is 2.74. The molecule has 0 aliphatic heterocycles. The number of aryl methyl sites for hydroxylation is 1. The van der Waals surface area contributed by atoms with E-state index in [1.54, 1.807) is 8.97 Å². The number of hydrogen-bond acceptors (Lipinski definition) is 6. The van der Waals surface area contributed by atoms with Crippen LogP contribution in [0.3, 0.4) is 0 Å². The molecule has 1 aromatic carbocycles. The van der Waals surface area contributed by atoms with Gasteiger partial charge in [0.05, 0.1) is 11.3 Å². The van der Waals surface area contributed by atoms with Crippen molar-refractivity contribution in [3.05, 3.63) is 51.9 Å². The van der Waals surface area contributed by atoms with E-state index in [1.807, 2.05) is 18.4 Å². The number of carbonyl (C=O) groups is 1. The molecule has 4 rings (SSSR count). The third kappa shape index (κ3) is 3.21. The number of aromatic nitrogens is 4. The molecule has 0 aliphatic rings. The Bertz CT molecular complexity index is 1200. The fourth-order valence-corrected chi connectivity index (χ4v) is 4.30. The molecule has 1 N–H and O–H groups in total. The van der Waals surface area contributed by atoms with Crippen LogP contribution >= 0.6 is 23.1 Å². The average Bonchev–Trinajstić information content (AvgIpc) is 3.29. The van der Waals surface area contributed by atoms with Crippen molar-refractivity contribution in [1.29, 1.82) is 0 Å². The van der Waals surface area contributed by atoms with E-state index in [-0.39, 0.29) is 23.0 Å². The van der Waals surface area contributed by atoms with Crippen molar-refractivity contribution >= 4 is 50.7 Å². The van der Waals surface area contributed by atoms with E-state index in [2.05, 4.69) is 15.5 Å². The van der Waals surface area contributed by atoms with E-state index in [9.17, 15) is 14.0 Å². The smallest absolute Gasteiger partial charge is 0.272 e. The maximum absolute atomic E-state index is 12.9. The van der Waals surface area contributed by atoms with Crippen LogP contribution in [0.25, 0.3) is 16.0 Å². The van der Waals surface area contributed by atoms with Crippen molar-refractivity contribution in [1.82, 2.24) is 19.2 Å². The number of rotatable bonds is 5. The molecule has 0 fully saturated rings. The first-order chi connectivity index (χ1) is 13.1. The van der Waals surface area contributed by atoms with Gasteiger partial charge in [0.25, 0.3) is 5.56 Å². The molecule has 0 radical (unpaired) electrons. The van der Waals surface area contributed by atoms with Crippen molar-refractivity contribution in [3.8, 4) is 0 Å². The Kier molecular flexibility index (Phi) is 4.66. The number of thiophene rings is 1. The molecular formula is C17H14FN5O2S2. The van der Waals surface area contributed by atoms with Crippen molar-refractivity contribution in [2.24, 2.45) is 0 Å². The summed E-state index contributed by atoms with van der Waals surface area (Å²) in [6, 6.07) is 7.41. The van der Waals surface area contributed by atoms with Gasteiger partial charge in [-0.1, -0.05) is 11.8 Å². The second kappa shape index (κ2) is 7.12. The summed E-state index contributed by atoms with van der Waals surface area (Å²) in [4.78, 5) is 24.7. The van der Waals surface area contributed by atoms with Crippen LogP contribution in [0.15, 0.2) is 45.7 Å². The van der Waals surface area contributed by atoms with E-state index >= 15 is 0 Å². The van der Waals surface area contributed by atoms with Gasteiger partial charge >= 0.3 is 0 Å². The van der Waals surface area contributed by atoms with E-state index < -0.39 is 0 Å². The molecule has 0 bridgehead atoms. The lowest BCUT2D eigenvalue weighted by Gasteiger charge is -2.07. The minimum Gasteiger partial charge on any atom is -0.325 e. The first-order valence-corrected chi connectivity index (χ1v) is 9.98. The highest BCUT2D eigenvalue weighted by Crippen LogP contribution is 2.24. The number of thioether (sulfide) groups is 1. The summed E-state index contributed by atoms with van der Waals surface area (Å²) in [5, 5.41) is 13.4. The number of halogens is 1. The zero-order chi connectivity index (χ0) is 19.0. The summed E-state index contributed by atoms with van der Waals surface area (Å²) >= 11 is 2.59. The Balaban J connectivity index is 1.61. The largest absolute Gasteiger partial charge is 0.325 e. The van der Waals surface area contributed by atoms with Crippen LogP contribution in [-0.2, 0) is 11.3 Å². The van der Waals surface area contributed by atoms with Gasteiger partial charge in [0.15, 0.2) is 5.16 Å². The van der Waals surface area contributed by atoms with E-state index in [4.69, 9.17) is 0 Å². The number of nitrogens with zero attached hydrogens (tertiary/aromatic N) is 4. The van der Waals surface area contributed by atoms with Gasteiger partial charge in [-0.2, -0.15) is 0 Å². The van der Waals surface area contributed by atoms with Crippen LogP contribution in [0, 0.1) is 5.82 Å². The summed E-state index contributed by atoms with van der Waals surface area (Å²) in [6.45, 7) is 2.35. The Morgan fingerprint density at radius 2 is 2.04 bits per heavy atom. The first-order valence-electron chi connectivity index (χ1n) is 8.12. The van der Waals surface area contributed by atoms with Gasteiger partial charge in [-0.05, 0) is 42.6 Å². The Hall–Kier alpha value is -2.72. The third-order valence-electron chi connectivity index (χ3n) is 3.96. The number of fused-ring (bicyclic) bond motifs is 3. The molecule has 27 heavy (non-hydrogen) atoms. The van der Waals surface area contributed by atoms with Crippen LogP contribution < -0.4 is 10.9 Å². The first kappa shape index (κ1) is 17.7. The number of hydrogen-bond donors (Lipinski definition) is 1. The van der Waals surface area contributed by atoms with E-state index in [0.717, 1.165) is 5.52 Å². The maximum atomic E-state index is 12.9. The molecule has 4 aromatic rings. The molecule has 0 atom stereocenters. The average molecular weight is 403 g/mol. The monoisotopic (exact) mass is 403 g/mol. The van der Waals surface area contributed by atoms with Crippen molar-refractivity contribution in [2.45, 2.75) is 18.6 Å². The van der Waals surface area contributed by atoms with Crippen LogP contribution in [0.2, 0.25) is 0 Å². The maximum Gasteiger partial charge on any atom is 0.272 e. The number of amides is 1. The van der Waals surface area contributed by atoms with E-state index in [0.29, 0.717) is 27.9 Å². The zero-order valence-corrected chi connectivity index (χ0v) is 15.8. The summed E-state index contributed by atoms with van der Waals surface area (Å²) < 4.78 is 16.9. The molecule has 0 spiro atoms. The van der Waals surface area contributed by atoms with Gasteiger partial charge in [-0.25, -0.2) is 4.39 Å². The SMILES string of the molecule is CCn1c(=O)c2sccc2n2c(SCC(=O)Nc3ccc(F)cc3)nnc12. The molecule has 7 nitrogen and oxygen atoms in total. The Morgan fingerprint density at radius 1 is 1.26 bits per heavy atom. The molecule has 10 heteroatoms. The molecule has 3 aromatic heterocycles. The molecule has 0 unspecified atom stereocenters. The Labute approximate surface area is 160 Å². The van der Waals surface area contributed by atoms with Crippen LogP contribution in [0.4, 0.5) is 10.1 Å². The van der Waals surface area contributed by atoms with Crippen molar-refractivity contribution in [3.63, 3.8) is 0 Å². The minimum absolute atomic E-state index is 0.0898. The normalized spacial score (nSPS) is 11.3.